The fraction of sp³-hybridized carbons (Fsp3) is 0.379. The lowest BCUT2D eigenvalue weighted by molar-refractivity contribution is 0.0603. The van der Waals surface area contributed by atoms with Crippen LogP contribution in [0.2, 0.25) is 0 Å². The SMILES string of the molecule is COC(=O)c1ccc(C[C@@H](N)[C@H]2CC[C@H](NC/C=C/c3cc(F)ccc3F)CC2)c2nc(OC)ccc12. The van der Waals surface area contributed by atoms with Crippen molar-refractivity contribution in [3.05, 3.63) is 76.9 Å². The molecule has 3 aromatic rings. The van der Waals surface area contributed by atoms with E-state index in [1.165, 1.54) is 13.2 Å². The zero-order valence-corrected chi connectivity index (χ0v) is 21.2. The standard InChI is InChI=1S/C29H33F2N3O3/c1-36-27-14-12-23-24(29(35)37-2)11-7-20(28(23)34-27)17-26(32)18-5-9-22(10-6-18)33-15-3-4-19-16-21(30)8-13-25(19)31/h3-4,7-8,11-14,16,18,22,26,33H,5-6,9-10,15,17,32H2,1-2H3/b4-3+/t18-,22-,26-/m1/s1. The van der Waals surface area contributed by atoms with E-state index in [2.05, 4.69) is 10.3 Å². The third kappa shape index (κ3) is 6.50. The minimum atomic E-state index is -0.453. The number of methoxy groups -OCH3 is 2. The Balaban J connectivity index is 1.34. The van der Waals surface area contributed by atoms with E-state index in [1.807, 2.05) is 18.2 Å². The van der Waals surface area contributed by atoms with Gasteiger partial charge in [0.2, 0.25) is 5.88 Å². The van der Waals surface area contributed by atoms with Crippen LogP contribution in [0.4, 0.5) is 8.78 Å². The molecule has 3 N–H and O–H groups in total. The van der Waals surface area contributed by atoms with Crippen molar-refractivity contribution in [1.82, 2.24) is 10.3 Å². The van der Waals surface area contributed by atoms with E-state index in [0.717, 1.165) is 48.8 Å². The molecule has 0 bridgehead atoms. The first-order valence-electron chi connectivity index (χ1n) is 12.5. The molecule has 1 aromatic heterocycles. The van der Waals surface area contributed by atoms with E-state index < -0.39 is 17.6 Å². The summed E-state index contributed by atoms with van der Waals surface area (Å²) in [5.41, 5.74) is 9.06. The van der Waals surface area contributed by atoms with Crippen LogP contribution < -0.4 is 15.8 Å². The maximum Gasteiger partial charge on any atom is 0.338 e. The summed E-state index contributed by atoms with van der Waals surface area (Å²) in [6, 6.07) is 11.0. The van der Waals surface area contributed by atoms with Crippen molar-refractivity contribution in [2.45, 2.75) is 44.2 Å². The fourth-order valence-electron chi connectivity index (χ4n) is 5.06. The van der Waals surface area contributed by atoms with Crippen LogP contribution in [0, 0.1) is 17.6 Å². The van der Waals surface area contributed by atoms with Gasteiger partial charge in [0.05, 0.1) is 25.3 Å². The molecule has 0 unspecified atom stereocenters. The molecule has 6 nitrogen and oxygen atoms in total. The fourth-order valence-corrected chi connectivity index (χ4v) is 5.06. The minimum Gasteiger partial charge on any atom is -0.481 e. The smallest absolute Gasteiger partial charge is 0.338 e. The Bertz CT molecular complexity index is 1270. The van der Waals surface area contributed by atoms with Gasteiger partial charge in [-0.1, -0.05) is 18.2 Å². The second-order valence-corrected chi connectivity index (χ2v) is 9.47. The molecular weight excluding hydrogens is 476 g/mol. The molecule has 0 spiro atoms. The largest absolute Gasteiger partial charge is 0.481 e. The number of nitrogens with two attached hydrogens (primary N) is 1. The molecule has 0 saturated heterocycles. The van der Waals surface area contributed by atoms with Crippen molar-refractivity contribution in [1.29, 1.82) is 0 Å². The Kier molecular flexibility index (Phi) is 8.84. The van der Waals surface area contributed by atoms with Crippen LogP contribution in [0.5, 0.6) is 5.88 Å². The molecule has 37 heavy (non-hydrogen) atoms. The number of hydrogen-bond donors (Lipinski definition) is 2. The van der Waals surface area contributed by atoms with E-state index in [1.54, 1.807) is 25.3 Å². The Hall–Kier alpha value is -3.36. The normalized spacial score (nSPS) is 18.7. The van der Waals surface area contributed by atoms with Crippen LogP contribution >= 0.6 is 0 Å². The molecule has 0 radical (unpaired) electrons. The van der Waals surface area contributed by atoms with Crippen molar-refractivity contribution >= 4 is 22.9 Å². The number of benzene rings is 2. The molecule has 4 rings (SSSR count). The summed E-state index contributed by atoms with van der Waals surface area (Å²) in [5, 5.41) is 4.20. The third-order valence-corrected chi connectivity index (χ3v) is 7.14. The summed E-state index contributed by atoms with van der Waals surface area (Å²) < 4.78 is 37.3. The van der Waals surface area contributed by atoms with Crippen LogP contribution in [0.15, 0.2) is 48.5 Å². The minimum absolute atomic E-state index is 0.0445. The summed E-state index contributed by atoms with van der Waals surface area (Å²) >= 11 is 0. The molecule has 1 aliphatic carbocycles. The van der Waals surface area contributed by atoms with Crippen molar-refractivity contribution in [3.63, 3.8) is 0 Å². The number of rotatable bonds is 9. The lowest BCUT2D eigenvalue weighted by Gasteiger charge is -2.32. The van der Waals surface area contributed by atoms with Gasteiger partial charge in [-0.15, -0.1) is 0 Å². The highest BCUT2D eigenvalue weighted by Crippen LogP contribution is 2.30. The first-order chi connectivity index (χ1) is 17.9. The molecule has 0 aliphatic heterocycles. The topological polar surface area (TPSA) is 86.5 Å². The van der Waals surface area contributed by atoms with Crippen molar-refractivity contribution in [2.75, 3.05) is 20.8 Å². The Labute approximate surface area is 215 Å². The van der Waals surface area contributed by atoms with Gasteiger partial charge in [0.25, 0.3) is 0 Å². The maximum atomic E-state index is 13.7. The first-order valence-corrected chi connectivity index (χ1v) is 12.5. The quantitative estimate of drug-likeness (QED) is 0.393. The number of carbonyl (C=O) groups is 1. The van der Waals surface area contributed by atoms with Gasteiger partial charge in [-0.05, 0) is 73.9 Å². The van der Waals surface area contributed by atoms with Crippen molar-refractivity contribution < 1.29 is 23.0 Å². The molecule has 1 atom stereocenters. The molecule has 1 heterocycles. The van der Waals surface area contributed by atoms with E-state index >= 15 is 0 Å². The van der Waals surface area contributed by atoms with E-state index in [-0.39, 0.29) is 11.6 Å². The Morgan fingerprint density at radius 1 is 1.14 bits per heavy atom. The van der Waals surface area contributed by atoms with Gasteiger partial charge in [-0.3, -0.25) is 0 Å². The molecule has 1 aliphatic rings. The second kappa shape index (κ2) is 12.3. The molecule has 1 saturated carbocycles. The highest BCUT2D eigenvalue weighted by molar-refractivity contribution is 6.04. The number of nitrogens with one attached hydrogen (secondary N) is 1. The van der Waals surface area contributed by atoms with Crippen LogP contribution in [-0.2, 0) is 11.2 Å². The number of ether oxygens (including phenoxy) is 2. The molecule has 2 aromatic carbocycles. The summed E-state index contributed by atoms with van der Waals surface area (Å²) in [6.07, 6.45) is 8.05. The van der Waals surface area contributed by atoms with Gasteiger partial charge >= 0.3 is 5.97 Å². The summed E-state index contributed by atoms with van der Waals surface area (Å²) in [5.74, 6) is -0.449. The van der Waals surface area contributed by atoms with E-state index in [4.69, 9.17) is 15.2 Å². The third-order valence-electron chi connectivity index (χ3n) is 7.14. The lowest BCUT2D eigenvalue weighted by atomic mass is 9.79. The Morgan fingerprint density at radius 3 is 2.65 bits per heavy atom. The molecule has 1 fully saturated rings. The van der Waals surface area contributed by atoms with Gasteiger partial charge in [0.1, 0.15) is 11.6 Å². The Morgan fingerprint density at radius 2 is 1.92 bits per heavy atom. The summed E-state index contributed by atoms with van der Waals surface area (Å²) in [6.45, 7) is 0.587. The van der Waals surface area contributed by atoms with Crippen LogP contribution in [0.3, 0.4) is 0 Å². The van der Waals surface area contributed by atoms with Crippen molar-refractivity contribution in [3.8, 4) is 5.88 Å². The molecule has 8 heteroatoms. The van der Waals surface area contributed by atoms with Crippen LogP contribution in [0.1, 0.15) is 47.2 Å². The van der Waals surface area contributed by atoms with E-state index in [0.29, 0.717) is 41.9 Å². The molecule has 0 amide bonds. The predicted octanol–water partition coefficient (Wildman–Crippen LogP) is 5.04. The first kappa shape index (κ1) is 26.7. The lowest BCUT2D eigenvalue weighted by Crippen LogP contribution is -2.39. The maximum absolute atomic E-state index is 13.7. The molecule has 196 valence electrons. The highest BCUT2D eigenvalue weighted by Gasteiger charge is 2.26. The average Bonchev–Trinajstić information content (AvgIpc) is 2.92. The number of esters is 1. The predicted molar refractivity (Wildman–Crippen MR) is 140 cm³/mol. The number of halogens is 2. The number of nitrogens with zero attached hydrogens (tertiary/aromatic N) is 1. The van der Waals surface area contributed by atoms with E-state index in [9.17, 15) is 13.6 Å². The number of fused-ring (bicyclic) bond motifs is 1. The van der Waals surface area contributed by atoms with Gasteiger partial charge < -0.3 is 20.5 Å². The van der Waals surface area contributed by atoms with Crippen LogP contribution in [0.25, 0.3) is 17.0 Å². The zero-order valence-electron chi connectivity index (χ0n) is 21.2. The van der Waals surface area contributed by atoms with Gasteiger partial charge in [-0.25, -0.2) is 18.6 Å². The summed E-state index contributed by atoms with van der Waals surface area (Å²) in [7, 11) is 2.92. The van der Waals surface area contributed by atoms with Gasteiger partial charge in [-0.2, -0.15) is 0 Å². The summed E-state index contributed by atoms with van der Waals surface area (Å²) in [4.78, 5) is 16.8. The van der Waals surface area contributed by atoms with Crippen LogP contribution in [-0.4, -0.2) is 43.8 Å². The number of hydrogen-bond acceptors (Lipinski definition) is 6. The van der Waals surface area contributed by atoms with Gasteiger partial charge in [0.15, 0.2) is 0 Å². The number of aromatic nitrogens is 1. The number of carbonyl (C=O) groups excluding carboxylic acids is 1. The van der Waals surface area contributed by atoms with Gasteiger partial charge in [0, 0.05) is 35.6 Å². The second-order valence-electron chi connectivity index (χ2n) is 9.47. The highest BCUT2D eigenvalue weighted by atomic mass is 19.1. The monoisotopic (exact) mass is 509 g/mol. The molecular formula is C29H33F2N3O3. The van der Waals surface area contributed by atoms with Crippen molar-refractivity contribution in [2.24, 2.45) is 11.7 Å². The zero-order chi connectivity index (χ0) is 26.4. The number of pyridine rings is 1. The average molecular weight is 510 g/mol.